The molecule has 1 aliphatic carbocycles. The fourth-order valence-corrected chi connectivity index (χ4v) is 2.77. The molecule has 0 aliphatic heterocycles. The van der Waals surface area contributed by atoms with Crippen molar-refractivity contribution in [3.05, 3.63) is 33.1 Å². The molecule has 7 nitrogen and oxygen atoms in total. The van der Waals surface area contributed by atoms with Crippen molar-refractivity contribution in [3.8, 4) is 0 Å². The Labute approximate surface area is 124 Å². The van der Waals surface area contributed by atoms with E-state index in [1.807, 2.05) is 0 Å². The number of aromatic carboxylic acids is 1. The average molecular weight is 307 g/mol. The van der Waals surface area contributed by atoms with Gasteiger partial charge in [0.2, 0.25) is 0 Å². The first-order valence-electron chi connectivity index (χ1n) is 6.49. The number of nitrogens with one attached hydrogen (secondary N) is 1. The maximum Gasteiger partial charge on any atom is 0.347 e. The second-order valence-corrected chi connectivity index (χ2v) is 5.98. The summed E-state index contributed by atoms with van der Waals surface area (Å²) in [4.78, 5) is 27.2. The quantitative estimate of drug-likeness (QED) is 0.874. The minimum absolute atomic E-state index is 0.170. The zero-order chi connectivity index (χ0) is 15.0. The minimum atomic E-state index is -1.01. The molecular weight excluding hydrogens is 294 g/mol. The fraction of sp³-hybridized carbons (Fsp3) is 0.385. The van der Waals surface area contributed by atoms with E-state index < -0.39 is 5.97 Å². The van der Waals surface area contributed by atoms with Gasteiger partial charge in [-0.05, 0) is 19.8 Å². The third-order valence-corrected chi connectivity index (χ3v) is 4.32. The Morgan fingerprint density at radius 3 is 2.90 bits per heavy atom. The summed E-state index contributed by atoms with van der Waals surface area (Å²) in [5.74, 6) is -0.208. The monoisotopic (exact) mass is 307 g/mol. The van der Waals surface area contributed by atoms with Crippen molar-refractivity contribution in [2.75, 3.05) is 0 Å². The van der Waals surface area contributed by atoms with Crippen LogP contribution in [0.3, 0.4) is 0 Å². The molecule has 0 bridgehead atoms. The molecule has 2 aromatic rings. The first-order chi connectivity index (χ1) is 10.0. The Kier molecular flexibility index (Phi) is 3.46. The number of hydrogen-bond donors (Lipinski definition) is 2. The number of thiazole rings is 1. The Morgan fingerprint density at radius 1 is 1.52 bits per heavy atom. The smallest absolute Gasteiger partial charge is 0.347 e. The summed E-state index contributed by atoms with van der Waals surface area (Å²) >= 11 is 1.06. The average Bonchev–Trinajstić information content (AvgIpc) is 3.05. The Bertz CT molecular complexity index is 702. The van der Waals surface area contributed by atoms with E-state index in [0.29, 0.717) is 16.6 Å². The number of amides is 1. The van der Waals surface area contributed by atoms with E-state index >= 15 is 0 Å². The number of aryl methyl sites for hydroxylation is 1. The zero-order valence-electron chi connectivity index (χ0n) is 11.3. The third kappa shape index (κ3) is 2.94. The first-order valence-corrected chi connectivity index (χ1v) is 7.30. The Balaban J connectivity index is 1.62. The van der Waals surface area contributed by atoms with Gasteiger partial charge in [-0.2, -0.15) is 0 Å². The van der Waals surface area contributed by atoms with Crippen molar-refractivity contribution in [1.29, 1.82) is 0 Å². The van der Waals surface area contributed by atoms with Gasteiger partial charge in [0.15, 0.2) is 5.69 Å². The predicted octanol–water partition coefficient (Wildman–Crippen LogP) is 1.95. The Morgan fingerprint density at radius 2 is 2.29 bits per heavy atom. The molecule has 21 heavy (non-hydrogen) atoms. The van der Waals surface area contributed by atoms with Crippen LogP contribution in [0.15, 0.2) is 10.6 Å². The minimum Gasteiger partial charge on any atom is -0.477 e. The van der Waals surface area contributed by atoms with Gasteiger partial charge in [0.25, 0.3) is 5.91 Å². The van der Waals surface area contributed by atoms with Gasteiger partial charge in [0, 0.05) is 12.0 Å². The van der Waals surface area contributed by atoms with Crippen LogP contribution in [0.2, 0.25) is 0 Å². The fourth-order valence-electron chi connectivity index (χ4n) is 1.93. The molecule has 0 radical (unpaired) electrons. The number of carboxylic acid groups (broad SMARTS) is 1. The summed E-state index contributed by atoms with van der Waals surface area (Å²) in [5, 5.41) is 15.9. The highest BCUT2D eigenvalue weighted by molar-refractivity contribution is 7.13. The maximum atomic E-state index is 11.9. The van der Waals surface area contributed by atoms with Crippen LogP contribution in [0.1, 0.15) is 55.4 Å². The van der Waals surface area contributed by atoms with Crippen LogP contribution >= 0.6 is 11.3 Å². The number of aromatic nitrogens is 2. The van der Waals surface area contributed by atoms with Gasteiger partial charge in [-0.25, -0.2) is 9.78 Å². The summed E-state index contributed by atoms with van der Waals surface area (Å²) in [6.07, 6.45) is 2.15. The molecule has 2 N–H and O–H groups in total. The van der Waals surface area contributed by atoms with Gasteiger partial charge in [-0.3, -0.25) is 4.79 Å². The molecule has 0 aromatic carbocycles. The van der Waals surface area contributed by atoms with E-state index in [1.54, 1.807) is 13.0 Å². The van der Waals surface area contributed by atoms with Crippen LogP contribution in [0, 0.1) is 6.92 Å². The van der Waals surface area contributed by atoms with E-state index in [2.05, 4.69) is 15.5 Å². The number of hydrogen-bond acceptors (Lipinski definition) is 6. The molecular formula is C13H13N3O4S. The molecule has 1 amide bonds. The second kappa shape index (κ2) is 5.28. The lowest BCUT2D eigenvalue weighted by Crippen LogP contribution is -2.22. The maximum absolute atomic E-state index is 11.9. The molecule has 8 heteroatoms. The van der Waals surface area contributed by atoms with E-state index in [-0.39, 0.29) is 23.0 Å². The summed E-state index contributed by atoms with van der Waals surface area (Å²) in [6.45, 7) is 1.80. The lowest BCUT2D eigenvalue weighted by Gasteiger charge is -1.98. The zero-order valence-corrected chi connectivity index (χ0v) is 12.1. The molecule has 0 spiro atoms. The van der Waals surface area contributed by atoms with E-state index in [0.717, 1.165) is 29.9 Å². The lowest BCUT2D eigenvalue weighted by atomic mass is 10.3. The molecule has 2 aromatic heterocycles. The van der Waals surface area contributed by atoms with Crippen molar-refractivity contribution in [2.45, 2.75) is 32.2 Å². The van der Waals surface area contributed by atoms with E-state index in [4.69, 9.17) is 9.63 Å². The van der Waals surface area contributed by atoms with Gasteiger partial charge in [0.1, 0.15) is 15.6 Å². The molecule has 1 fully saturated rings. The van der Waals surface area contributed by atoms with Gasteiger partial charge in [0.05, 0.1) is 12.2 Å². The molecule has 1 aliphatic rings. The largest absolute Gasteiger partial charge is 0.477 e. The number of rotatable bonds is 5. The SMILES string of the molecule is Cc1nc(CNC(=O)c2cc(C3CC3)on2)sc1C(=O)O. The highest BCUT2D eigenvalue weighted by Crippen LogP contribution is 2.40. The van der Waals surface area contributed by atoms with Crippen LogP contribution in [-0.2, 0) is 6.54 Å². The van der Waals surface area contributed by atoms with Gasteiger partial charge in [-0.15, -0.1) is 11.3 Å². The number of carboxylic acids is 1. The van der Waals surface area contributed by atoms with Crippen LogP contribution in [0.4, 0.5) is 0 Å². The predicted molar refractivity (Wildman–Crippen MR) is 73.5 cm³/mol. The molecule has 110 valence electrons. The van der Waals surface area contributed by atoms with Crippen LogP contribution < -0.4 is 5.32 Å². The van der Waals surface area contributed by atoms with Crippen molar-refractivity contribution < 1.29 is 19.2 Å². The van der Waals surface area contributed by atoms with Crippen molar-refractivity contribution in [3.63, 3.8) is 0 Å². The van der Waals surface area contributed by atoms with Crippen molar-refractivity contribution in [1.82, 2.24) is 15.5 Å². The molecule has 1 saturated carbocycles. The van der Waals surface area contributed by atoms with Crippen LogP contribution in [0.25, 0.3) is 0 Å². The van der Waals surface area contributed by atoms with Gasteiger partial charge >= 0.3 is 5.97 Å². The second-order valence-electron chi connectivity index (χ2n) is 4.90. The number of nitrogens with zero attached hydrogens (tertiary/aromatic N) is 2. The standard InChI is InChI=1S/C13H13N3O4S/c1-6-11(13(18)19)21-10(15-6)5-14-12(17)8-4-9(20-16-8)7-2-3-7/h4,7H,2-3,5H2,1H3,(H,14,17)(H,18,19). The summed E-state index contributed by atoms with van der Waals surface area (Å²) in [6, 6.07) is 1.66. The Hall–Kier alpha value is -2.22. The normalized spacial score (nSPS) is 14.1. The van der Waals surface area contributed by atoms with E-state index in [9.17, 15) is 9.59 Å². The van der Waals surface area contributed by atoms with Crippen molar-refractivity contribution >= 4 is 23.2 Å². The summed E-state index contributed by atoms with van der Waals surface area (Å²) in [7, 11) is 0. The summed E-state index contributed by atoms with van der Waals surface area (Å²) < 4.78 is 5.11. The highest BCUT2D eigenvalue weighted by Gasteiger charge is 2.28. The topological polar surface area (TPSA) is 105 Å². The molecule has 2 heterocycles. The molecule has 0 unspecified atom stereocenters. The van der Waals surface area contributed by atoms with Gasteiger partial charge < -0.3 is 14.9 Å². The van der Waals surface area contributed by atoms with Gasteiger partial charge in [-0.1, -0.05) is 5.16 Å². The molecule has 0 saturated heterocycles. The van der Waals surface area contributed by atoms with E-state index in [1.165, 1.54) is 0 Å². The summed E-state index contributed by atoms with van der Waals surface area (Å²) in [5.41, 5.74) is 0.692. The highest BCUT2D eigenvalue weighted by atomic mass is 32.1. The number of carbonyl (C=O) groups is 2. The molecule has 3 rings (SSSR count). The number of carbonyl (C=O) groups excluding carboxylic acids is 1. The molecule has 0 atom stereocenters. The third-order valence-electron chi connectivity index (χ3n) is 3.18. The van der Waals surface area contributed by atoms with Crippen LogP contribution in [-0.4, -0.2) is 27.1 Å². The van der Waals surface area contributed by atoms with Crippen molar-refractivity contribution in [2.24, 2.45) is 0 Å². The first kappa shape index (κ1) is 13.7. The van der Waals surface area contributed by atoms with Crippen LogP contribution in [0.5, 0.6) is 0 Å². The lowest BCUT2D eigenvalue weighted by molar-refractivity contribution is 0.0701.